The molecule has 0 N–H and O–H groups in total. The Hall–Kier alpha value is -2.18. The lowest BCUT2D eigenvalue weighted by Gasteiger charge is -2.41. The molecular weight excluding hydrogens is 442 g/mol. The van der Waals surface area contributed by atoms with Gasteiger partial charge in [0.15, 0.2) is 0 Å². The zero-order valence-corrected chi connectivity index (χ0v) is 22.2. The van der Waals surface area contributed by atoms with Gasteiger partial charge in [0.1, 0.15) is 0 Å². The lowest BCUT2D eigenvalue weighted by molar-refractivity contribution is -0.138. The van der Waals surface area contributed by atoms with Gasteiger partial charge in [-0.3, -0.25) is 14.5 Å². The summed E-state index contributed by atoms with van der Waals surface area (Å²) < 4.78 is 0. The highest BCUT2D eigenvalue weighted by Gasteiger charge is 2.37. The van der Waals surface area contributed by atoms with E-state index < -0.39 is 0 Å². The van der Waals surface area contributed by atoms with Crippen molar-refractivity contribution >= 4 is 23.2 Å². The second-order valence-electron chi connectivity index (χ2n) is 11.0. The molecule has 6 heteroatoms. The first kappa shape index (κ1) is 24.9. The molecule has 0 saturated carbocycles. The molecule has 3 heterocycles. The van der Waals surface area contributed by atoms with Gasteiger partial charge in [-0.05, 0) is 60.2 Å². The van der Waals surface area contributed by atoms with Crippen LogP contribution < -0.4 is 0 Å². The molecule has 4 rings (SSSR count). The van der Waals surface area contributed by atoms with Crippen LogP contribution in [0.25, 0.3) is 0 Å². The number of aryl methyl sites for hydroxylation is 1. The second-order valence-corrected chi connectivity index (χ2v) is 12.0. The van der Waals surface area contributed by atoms with Crippen LogP contribution in [0.4, 0.5) is 0 Å². The lowest BCUT2D eigenvalue weighted by atomic mass is 9.89. The predicted octanol–water partition coefficient (Wildman–Crippen LogP) is 4.89. The molecule has 0 aliphatic carbocycles. The van der Waals surface area contributed by atoms with Crippen molar-refractivity contribution in [2.24, 2.45) is 5.41 Å². The number of hydrogen-bond acceptors (Lipinski definition) is 4. The van der Waals surface area contributed by atoms with E-state index in [2.05, 4.69) is 75.2 Å². The van der Waals surface area contributed by atoms with E-state index in [1.165, 1.54) is 21.6 Å². The van der Waals surface area contributed by atoms with Crippen molar-refractivity contribution in [2.45, 2.75) is 66.0 Å². The third-order valence-electron chi connectivity index (χ3n) is 7.18. The fourth-order valence-corrected chi connectivity index (χ4v) is 6.26. The van der Waals surface area contributed by atoms with E-state index in [0.717, 1.165) is 32.5 Å². The van der Waals surface area contributed by atoms with Crippen LogP contribution in [0.3, 0.4) is 0 Å². The molecule has 2 aromatic rings. The number of hydrogen-bond donors (Lipinski definition) is 0. The van der Waals surface area contributed by atoms with E-state index in [1.807, 2.05) is 21.1 Å². The van der Waals surface area contributed by atoms with Crippen LogP contribution in [0.15, 0.2) is 35.7 Å². The fraction of sp³-hybridized carbons (Fsp3) is 0.571. The maximum atomic E-state index is 13.8. The summed E-state index contributed by atoms with van der Waals surface area (Å²) in [5.41, 5.74) is 3.88. The highest BCUT2D eigenvalue weighted by Crippen LogP contribution is 2.40. The van der Waals surface area contributed by atoms with Crippen molar-refractivity contribution in [3.05, 3.63) is 57.3 Å². The Morgan fingerprint density at radius 3 is 2.44 bits per heavy atom. The molecule has 2 aliphatic rings. The number of nitrogens with zero attached hydrogens (tertiary/aromatic N) is 3. The summed E-state index contributed by atoms with van der Waals surface area (Å²) in [5.74, 6) is 0.387. The van der Waals surface area contributed by atoms with Crippen molar-refractivity contribution < 1.29 is 9.59 Å². The zero-order chi connectivity index (χ0) is 24.5. The summed E-state index contributed by atoms with van der Waals surface area (Å²) in [5, 5.41) is 2.18. The van der Waals surface area contributed by atoms with Crippen LogP contribution in [-0.2, 0) is 16.0 Å². The van der Waals surface area contributed by atoms with E-state index in [-0.39, 0.29) is 29.3 Å². The number of benzene rings is 1. The Morgan fingerprint density at radius 2 is 1.71 bits per heavy atom. The number of thiophene rings is 1. The molecule has 5 nitrogen and oxygen atoms in total. The molecule has 0 unspecified atom stereocenters. The molecule has 2 aliphatic heterocycles. The normalized spacial score (nSPS) is 20.6. The number of amides is 2. The van der Waals surface area contributed by atoms with Gasteiger partial charge in [-0.15, -0.1) is 11.3 Å². The standard InChI is InChI=1S/C28H39N3O2S/c1-20-9-6-7-10-22(20)26-23-12-18-34-24(23)11-15-31(26)21(2)27(33)30-14-8-13-29(16-17-30)25(32)19-28(3,4)5/h6-7,9-10,12,18,21,26H,8,11,13-17,19H2,1-5H3/t21-,26+/m1/s1. The zero-order valence-electron chi connectivity index (χ0n) is 21.3. The van der Waals surface area contributed by atoms with Gasteiger partial charge in [0.2, 0.25) is 11.8 Å². The minimum atomic E-state index is -0.213. The van der Waals surface area contributed by atoms with Crippen molar-refractivity contribution in [3.63, 3.8) is 0 Å². The van der Waals surface area contributed by atoms with Crippen molar-refractivity contribution in [1.82, 2.24) is 14.7 Å². The average molecular weight is 482 g/mol. The van der Waals surface area contributed by atoms with E-state index >= 15 is 0 Å². The third kappa shape index (κ3) is 5.38. The lowest BCUT2D eigenvalue weighted by Crippen LogP contribution is -2.51. The highest BCUT2D eigenvalue weighted by molar-refractivity contribution is 7.10. The topological polar surface area (TPSA) is 43.9 Å². The van der Waals surface area contributed by atoms with Gasteiger partial charge in [0, 0.05) is 44.0 Å². The van der Waals surface area contributed by atoms with Crippen LogP contribution in [0.2, 0.25) is 0 Å². The summed E-state index contributed by atoms with van der Waals surface area (Å²) in [6.07, 6.45) is 2.37. The molecular formula is C28H39N3O2S. The first-order valence-electron chi connectivity index (χ1n) is 12.6. The molecule has 2 atom stereocenters. The van der Waals surface area contributed by atoms with Gasteiger partial charge in [0.05, 0.1) is 12.1 Å². The molecule has 1 aromatic heterocycles. The minimum Gasteiger partial charge on any atom is -0.341 e. The van der Waals surface area contributed by atoms with E-state index in [4.69, 9.17) is 0 Å². The summed E-state index contributed by atoms with van der Waals surface area (Å²) in [6, 6.07) is 10.7. The molecule has 1 fully saturated rings. The highest BCUT2D eigenvalue weighted by atomic mass is 32.1. The molecule has 0 spiro atoms. The number of fused-ring (bicyclic) bond motifs is 1. The number of rotatable bonds is 4. The predicted molar refractivity (Wildman–Crippen MR) is 139 cm³/mol. The Bertz CT molecular complexity index is 1020. The molecule has 2 amide bonds. The average Bonchev–Trinajstić information content (AvgIpc) is 3.12. The summed E-state index contributed by atoms with van der Waals surface area (Å²) in [4.78, 5) is 34.3. The smallest absolute Gasteiger partial charge is 0.239 e. The second kappa shape index (κ2) is 10.2. The summed E-state index contributed by atoms with van der Waals surface area (Å²) in [6.45, 7) is 14.1. The minimum absolute atomic E-state index is 0.0211. The van der Waals surface area contributed by atoms with Gasteiger partial charge in [0.25, 0.3) is 0 Å². The van der Waals surface area contributed by atoms with Gasteiger partial charge < -0.3 is 9.80 Å². The van der Waals surface area contributed by atoms with E-state index in [9.17, 15) is 9.59 Å². The summed E-state index contributed by atoms with van der Waals surface area (Å²) in [7, 11) is 0. The Balaban J connectivity index is 1.50. The van der Waals surface area contributed by atoms with Gasteiger partial charge >= 0.3 is 0 Å². The van der Waals surface area contributed by atoms with Crippen LogP contribution in [-0.4, -0.2) is 65.3 Å². The van der Waals surface area contributed by atoms with E-state index in [0.29, 0.717) is 19.5 Å². The first-order chi connectivity index (χ1) is 16.2. The molecule has 1 aromatic carbocycles. The maximum Gasteiger partial charge on any atom is 0.239 e. The Morgan fingerprint density at radius 1 is 1.00 bits per heavy atom. The van der Waals surface area contributed by atoms with Crippen LogP contribution >= 0.6 is 11.3 Å². The summed E-state index contributed by atoms with van der Waals surface area (Å²) >= 11 is 1.83. The first-order valence-corrected chi connectivity index (χ1v) is 13.5. The van der Waals surface area contributed by atoms with Gasteiger partial charge in [-0.2, -0.15) is 0 Å². The monoisotopic (exact) mass is 481 g/mol. The third-order valence-corrected chi connectivity index (χ3v) is 8.18. The van der Waals surface area contributed by atoms with E-state index in [1.54, 1.807) is 0 Å². The van der Waals surface area contributed by atoms with Crippen molar-refractivity contribution in [1.29, 1.82) is 0 Å². The largest absolute Gasteiger partial charge is 0.341 e. The van der Waals surface area contributed by atoms with Gasteiger partial charge in [-0.25, -0.2) is 0 Å². The van der Waals surface area contributed by atoms with Gasteiger partial charge in [-0.1, -0.05) is 45.0 Å². The molecule has 184 valence electrons. The number of carbonyl (C=O) groups is 2. The molecule has 34 heavy (non-hydrogen) atoms. The Kier molecular flexibility index (Phi) is 7.48. The molecule has 0 bridgehead atoms. The quantitative estimate of drug-likeness (QED) is 0.625. The maximum absolute atomic E-state index is 13.8. The Labute approximate surface area is 208 Å². The van der Waals surface area contributed by atoms with Crippen LogP contribution in [0.5, 0.6) is 0 Å². The molecule has 0 radical (unpaired) electrons. The molecule has 1 saturated heterocycles. The SMILES string of the molecule is Cc1ccccc1[C@H]1c2ccsc2CCN1[C@H](C)C(=O)N1CCCN(C(=O)CC(C)(C)C)CC1. The fourth-order valence-electron chi connectivity index (χ4n) is 5.35. The van der Waals surface area contributed by atoms with Crippen molar-refractivity contribution in [2.75, 3.05) is 32.7 Å². The van der Waals surface area contributed by atoms with Crippen LogP contribution in [0.1, 0.15) is 68.1 Å². The van der Waals surface area contributed by atoms with Crippen LogP contribution in [0, 0.1) is 12.3 Å². The number of carbonyl (C=O) groups excluding carboxylic acids is 2. The van der Waals surface area contributed by atoms with Crippen molar-refractivity contribution in [3.8, 4) is 0 Å².